The highest BCUT2D eigenvalue weighted by Gasteiger charge is 2.23. The lowest BCUT2D eigenvalue weighted by Gasteiger charge is -2.29. The van der Waals surface area contributed by atoms with Gasteiger partial charge < -0.3 is 10.0 Å². The first-order valence-electron chi connectivity index (χ1n) is 7.60. The van der Waals surface area contributed by atoms with E-state index in [1.54, 1.807) is 4.90 Å². The molecule has 0 fully saturated rings. The van der Waals surface area contributed by atoms with Crippen molar-refractivity contribution in [2.45, 2.75) is 32.9 Å². The van der Waals surface area contributed by atoms with E-state index in [1.165, 1.54) is 10.2 Å². The summed E-state index contributed by atoms with van der Waals surface area (Å²) in [4.78, 5) is 25.4. The molecule has 1 aromatic carbocycles. The molecule has 0 unspecified atom stereocenters. The van der Waals surface area contributed by atoms with Crippen LogP contribution in [-0.4, -0.2) is 43.4 Å². The number of carboxylic acids is 1. The molecule has 0 aliphatic carbocycles. The summed E-state index contributed by atoms with van der Waals surface area (Å²) in [6.45, 7) is 3.09. The number of aromatic nitrogens is 3. The Morgan fingerprint density at radius 1 is 1.26 bits per heavy atom. The van der Waals surface area contributed by atoms with E-state index in [0.717, 1.165) is 12.0 Å². The number of carboxylic acid groups (broad SMARTS) is 1. The lowest BCUT2D eigenvalue weighted by atomic mass is 10.00. The van der Waals surface area contributed by atoms with E-state index < -0.39 is 5.97 Å². The van der Waals surface area contributed by atoms with Gasteiger partial charge in [-0.3, -0.25) is 4.79 Å². The van der Waals surface area contributed by atoms with Crippen LogP contribution in [0.25, 0.3) is 0 Å². The molecule has 3 rings (SSSR count). The van der Waals surface area contributed by atoms with Gasteiger partial charge in [0.1, 0.15) is 6.54 Å². The Kier molecular flexibility index (Phi) is 4.10. The van der Waals surface area contributed by atoms with Crippen molar-refractivity contribution >= 4 is 11.9 Å². The maximum absolute atomic E-state index is 12.5. The second kappa shape index (κ2) is 6.20. The van der Waals surface area contributed by atoms with Crippen LogP contribution in [0.2, 0.25) is 0 Å². The van der Waals surface area contributed by atoms with Gasteiger partial charge in [-0.2, -0.15) is 0 Å². The van der Waals surface area contributed by atoms with Crippen molar-refractivity contribution in [2.75, 3.05) is 6.54 Å². The number of hydrogen-bond donors (Lipinski definition) is 1. The third-order valence-corrected chi connectivity index (χ3v) is 4.14. The Bertz CT molecular complexity index is 754. The summed E-state index contributed by atoms with van der Waals surface area (Å²) in [5.74, 6) is -1.19. The minimum absolute atomic E-state index is 0.0195. The van der Waals surface area contributed by atoms with Crippen molar-refractivity contribution in [1.82, 2.24) is 19.9 Å². The van der Waals surface area contributed by atoms with Crippen molar-refractivity contribution in [3.05, 3.63) is 46.8 Å². The molecular formula is C16H18N4O3. The van der Waals surface area contributed by atoms with Crippen molar-refractivity contribution in [3.63, 3.8) is 0 Å². The van der Waals surface area contributed by atoms with Crippen LogP contribution >= 0.6 is 0 Å². The first kappa shape index (κ1) is 15.2. The molecule has 0 bridgehead atoms. The Morgan fingerprint density at radius 3 is 2.70 bits per heavy atom. The van der Waals surface area contributed by atoms with Gasteiger partial charge >= 0.3 is 5.97 Å². The first-order chi connectivity index (χ1) is 11.1. The zero-order chi connectivity index (χ0) is 16.4. The third-order valence-electron chi connectivity index (χ3n) is 4.14. The number of fused-ring (bicyclic) bond motifs is 1. The summed E-state index contributed by atoms with van der Waals surface area (Å²) in [5.41, 5.74) is 2.83. The van der Waals surface area contributed by atoms with Gasteiger partial charge in [0.15, 0.2) is 5.69 Å². The predicted molar refractivity (Wildman–Crippen MR) is 81.9 cm³/mol. The normalized spacial score (nSPS) is 13.7. The minimum atomic E-state index is -1.12. The Labute approximate surface area is 133 Å². The average Bonchev–Trinajstić information content (AvgIpc) is 2.97. The van der Waals surface area contributed by atoms with Crippen molar-refractivity contribution in [1.29, 1.82) is 0 Å². The fraction of sp³-hybridized carbons (Fsp3) is 0.375. The van der Waals surface area contributed by atoms with Crippen LogP contribution in [-0.2, 0) is 30.7 Å². The summed E-state index contributed by atoms with van der Waals surface area (Å²) in [5, 5.41) is 16.6. The standard InChI is InChI=1S/C16H18N4O3/c1-2-13-15(16(22)23)17-18-20(13)10-14(21)19-8-7-11-5-3-4-6-12(11)9-19/h3-6H,2,7-10H2,1H3,(H,22,23). The predicted octanol–water partition coefficient (Wildman–Crippen LogP) is 1.12. The summed E-state index contributed by atoms with van der Waals surface area (Å²) < 4.78 is 1.40. The number of amides is 1. The van der Waals surface area contributed by atoms with Gasteiger partial charge in [0.2, 0.25) is 5.91 Å². The second-order valence-electron chi connectivity index (χ2n) is 5.54. The van der Waals surface area contributed by atoms with Gasteiger partial charge in [0, 0.05) is 13.1 Å². The molecule has 0 atom stereocenters. The number of aromatic carboxylic acids is 1. The molecule has 7 nitrogen and oxygen atoms in total. The van der Waals surface area contributed by atoms with Crippen LogP contribution in [0.4, 0.5) is 0 Å². The van der Waals surface area contributed by atoms with E-state index in [-0.39, 0.29) is 18.1 Å². The van der Waals surface area contributed by atoms with E-state index in [0.29, 0.717) is 25.2 Å². The fourth-order valence-electron chi connectivity index (χ4n) is 2.91. The molecule has 1 amide bonds. The molecule has 0 saturated heterocycles. The maximum atomic E-state index is 12.5. The zero-order valence-electron chi connectivity index (χ0n) is 12.9. The van der Waals surface area contributed by atoms with E-state index >= 15 is 0 Å². The molecule has 1 N–H and O–H groups in total. The topological polar surface area (TPSA) is 88.3 Å². The lowest BCUT2D eigenvalue weighted by Crippen LogP contribution is -2.38. The van der Waals surface area contributed by atoms with Crippen LogP contribution in [0.1, 0.15) is 34.2 Å². The molecule has 2 heterocycles. The van der Waals surface area contributed by atoms with Crippen LogP contribution in [0.5, 0.6) is 0 Å². The molecule has 0 spiro atoms. The molecule has 23 heavy (non-hydrogen) atoms. The van der Waals surface area contributed by atoms with E-state index in [2.05, 4.69) is 16.4 Å². The van der Waals surface area contributed by atoms with Crippen LogP contribution in [0.15, 0.2) is 24.3 Å². The van der Waals surface area contributed by atoms with Crippen molar-refractivity contribution in [2.24, 2.45) is 0 Å². The molecule has 120 valence electrons. The molecule has 2 aromatic rings. The van der Waals surface area contributed by atoms with Crippen molar-refractivity contribution in [3.8, 4) is 0 Å². The highest BCUT2D eigenvalue weighted by molar-refractivity contribution is 5.86. The van der Waals surface area contributed by atoms with Gasteiger partial charge in [-0.05, 0) is 24.0 Å². The largest absolute Gasteiger partial charge is 0.476 e. The van der Waals surface area contributed by atoms with Crippen LogP contribution in [0, 0.1) is 0 Å². The first-order valence-corrected chi connectivity index (χ1v) is 7.60. The molecule has 1 aliphatic rings. The van der Waals surface area contributed by atoms with E-state index in [1.807, 2.05) is 25.1 Å². The molecular weight excluding hydrogens is 296 g/mol. The molecule has 0 radical (unpaired) electrons. The smallest absolute Gasteiger partial charge is 0.358 e. The third kappa shape index (κ3) is 2.94. The van der Waals surface area contributed by atoms with Gasteiger partial charge in [-0.1, -0.05) is 36.4 Å². The number of rotatable bonds is 4. The molecule has 7 heteroatoms. The maximum Gasteiger partial charge on any atom is 0.358 e. The highest BCUT2D eigenvalue weighted by Crippen LogP contribution is 2.19. The molecule has 0 saturated carbocycles. The van der Waals surface area contributed by atoms with Gasteiger partial charge in [0.25, 0.3) is 0 Å². The lowest BCUT2D eigenvalue weighted by molar-refractivity contribution is -0.133. The number of carbonyl (C=O) groups excluding carboxylic acids is 1. The van der Waals surface area contributed by atoms with Crippen LogP contribution < -0.4 is 0 Å². The fourth-order valence-corrected chi connectivity index (χ4v) is 2.91. The highest BCUT2D eigenvalue weighted by atomic mass is 16.4. The number of carbonyl (C=O) groups is 2. The number of nitrogens with zero attached hydrogens (tertiary/aromatic N) is 4. The van der Waals surface area contributed by atoms with Crippen LogP contribution in [0.3, 0.4) is 0 Å². The molecule has 1 aromatic heterocycles. The average molecular weight is 314 g/mol. The van der Waals surface area contributed by atoms with Gasteiger partial charge in [-0.25, -0.2) is 9.48 Å². The molecule has 1 aliphatic heterocycles. The number of hydrogen-bond acceptors (Lipinski definition) is 4. The minimum Gasteiger partial charge on any atom is -0.476 e. The summed E-state index contributed by atoms with van der Waals surface area (Å²) in [6.07, 6.45) is 1.30. The summed E-state index contributed by atoms with van der Waals surface area (Å²) in [7, 11) is 0. The number of benzene rings is 1. The van der Waals surface area contributed by atoms with Crippen molar-refractivity contribution < 1.29 is 14.7 Å². The SMILES string of the molecule is CCc1c(C(=O)O)nnn1CC(=O)N1CCc2ccccc2C1. The Hall–Kier alpha value is -2.70. The van der Waals surface area contributed by atoms with Gasteiger partial charge in [0.05, 0.1) is 5.69 Å². The monoisotopic (exact) mass is 314 g/mol. The van der Waals surface area contributed by atoms with E-state index in [4.69, 9.17) is 5.11 Å². The Morgan fingerprint density at radius 2 is 2.00 bits per heavy atom. The van der Waals surface area contributed by atoms with E-state index in [9.17, 15) is 9.59 Å². The second-order valence-corrected chi connectivity index (χ2v) is 5.54. The Balaban J connectivity index is 1.75. The van der Waals surface area contributed by atoms with Gasteiger partial charge in [-0.15, -0.1) is 5.10 Å². The summed E-state index contributed by atoms with van der Waals surface area (Å²) in [6, 6.07) is 8.10. The zero-order valence-corrected chi connectivity index (χ0v) is 12.9. The summed E-state index contributed by atoms with van der Waals surface area (Å²) >= 11 is 0. The quantitative estimate of drug-likeness (QED) is 0.913.